The van der Waals surface area contributed by atoms with Crippen molar-refractivity contribution in [2.75, 3.05) is 0 Å². The number of fused-ring (bicyclic) bond motifs is 1. The van der Waals surface area contributed by atoms with Gasteiger partial charge in [-0.05, 0) is 30.2 Å². The zero-order valence-electron chi connectivity index (χ0n) is 13.5. The number of rotatable bonds is 3. The first-order valence-electron chi connectivity index (χ1n) is 8.16. The van der Waals surface area contributed by atoms with Crippen LogP contribution in [0.5, 0.6) is 5.75 Å². The molecular formula is C22H19NO. The molecule has 118 valence electrons. The number of para-hydroxylation sites is 2. The Morgan fingerprint density at radius 2 is 1.46 bits per heavy atom. The summed E-state index contributed by atoms with van der Waals surface area (Å²) in [4.78, 5) is 3.58. The second kappa shape index (κ2) is 5.89. The van der Waals surface area contributed by atoms with Gasteiger partial charge in [0.2, 0.25) is 0 Å². The zero-order valence-corrected chi connectivity index (χ0v) is 13.5. The Hall–Kier alpha value is -3.00. The van der Waals surface area contributed by atoms with Gasteiger partial charge in [0.15, 0.2) is 0 Å². The minimum absolute atomic E-state index is 0.0280. The highest BCUT2D eigenvalue weighted by atomic mass is 16.3. The van der Waals surface area contributed by atoms with E-state index in [9.17, 15) is 5.11 Å². The summed E-state index contributed by atoms with van der Waals surface area (Å²) in [5, 5.41) is 11.7. The minimum atomic E-state index is -0.0280. The van der Waals surface area contributed by atoms with Crippen molar-refractivity contribution in [3.63, 3.8) is 0 Å². The number of aryl methyl sites for hydroxylation is 1. The molecule has 0 saturated carbocycles. The first kappa shape index (κ1) is 14.6. The Labute approximate surface area is 141 Å². The van der Waals surface area contributed by atoms with Crippen molar-refractivity contribution in [1.82, 2.24) is 4.98 Å². The molecule has 2 heteroatoms. The number of H-pyrrole nitrogens is 1. The maximum Gasteiger partial charge on any atom is 0.119 e. The molecule has 0 aliphatic carbocycles. The molecule has 2 N–H and O–H groups in total. The summed E-state index contributed by atoms with van der Waals surface area (Å²) < 4.78 is 0. The predicted octanol–water partition coefficient (Wildman–Crippen LogP) is 5.36. The van der Waals surface area contributed by atoms with E-state index in [1.807, 2.05) is 42.5 Å². The van der Waals surface area contributed by atoms with Crippen LogP contribution < -0.4 is 0 Å². The molecule has 0 saturated heterocycles. The number of benzene rings is 3. The Bertz CT molecular complexity index is 985. The maximum atomic E-state index is 10.5. The molecule has 2 nitrogen and oxygen atoms in total. The molecule has 0 radical (unpaired) electrons. The monoisotopic (exact) mass is 313 g/mol. The van der Waals surface area contributed by atoms with Crippen LogP contribution in [0.3, 0.4) is 0 Å². The third-order valence-electron chi connectivity index (χ3n) is 4.67. The van der Waals surface area contributed by atoms with Crippen molar-refractivity contribution in [1.29, 1.82) is 0 Å². The van der Waals surface area contributed by atoms with Crippen LogP contribution in [-0.2, 0) is 0 Å². The molecule has 0 aliphatic heterocycles. The van der Waals surface area contributed by atoms with Crippen molar-refractivity contribution >= 4 is 10.9 Å². The van der Waals surface area contributed by atoms with E-state index < -0.39 is 0 Å². The van der Waals surface area contributed by atoms with Crippen molar-refractivity contribution in [3.05, 3.63) is 101 Å². The second-order valence-corrected chi connectivity index (χ2v) is 6.11. The molecule has 4 rings (SSSR count). The van der Waals surface area contributed by atoms with Crippen LogP contribution in [0.2, 0.25) is 0 Å². The lowest BCUT2D eigenvalue weighted by molar-refractivity contribution is 0.467. The van der Waals surface area contributed by atoms with Crippen LogP contribution in [0, 0.1) is 6.92 Å². The lowest BCUT2D eigenvalue weighted by Crippen LogP contribution is -2.05. The van der Waals surface area contributed by atoms with Gasteiger partial charge >= 0.3 is 0 Å². The molecule has 0 fully saturated rings. The van der Waals surface area contributed by atoms with E-state index in [2.05, 4.69) is 42.2 Å². The minimum Gasteiger partial charge on any atom is -0.508 e. The predicted molar refractivity (Wildman–Crippen MR) is 98.5 cm³/mol. The highest BCUT2D eigenvalue weighted by Gasteiger charge is 2.23. The quantitative estimate of drug-likeness (QED) is 0.524. The fourth-order valence-corrected chi connectivity index (χ4v) is 3.47. The fourth-order valence-electron chi connectivity index (χ4n) is 3.47. The Kier molecular flexibility index (Phi) is 3.58. The van der Waals surface area contributed by atoms with E-state index >= 15 is 0 Å². The molecule has 4 aromatic rings. The fraction of sp³-hybridized carbons (Fsp3) is 0.0909. The number of phenolic OH excluding ortho intramolecular Hbond substituents is 1. The molecule has 1 atom stereocenters. The number of aromatic amines is 1. The molecule has 0 bridgehead atoms. The van der Waals surface area contributed by atoms with Crippen LogP contribution in [0.4, 0.5) is 0 Å². The summed E-state index contributed by atoms with van der Waals surface area (Å²) in [5.74, 6) is 0.296. The highest BCUT2D eigenvalue weighted by Crippen LogP contribution is 2.39. The highest BCUT2D eigenvalue weighted by molar-refractivity contribution is 5.85. The van der Waals surface area contributed by atoms with Gasteiger partial charge in [-0.2, -0.15) is 0 Å². The van der Waals surface area contributed by atoms with Gasteiger partial charge in [0.25, 0.3) is 0 Å². The van der Waals surface area contributed by atoms with E-state index in [0.717, 1.165) is 22.3 Å². The third kappa shape index (κ3) is 2.37. The van der Waals surface area contributed by atoms with Crippen LogP contribution in [0.25, 0.3) is 10.9 Å². The molecule has 0 aliphatic rings. The second-order valence-electron chi connectivity index (χ2n) is 6.11. The van der Waals surface area contributed by atoms with Gasteiger partial charge in [0, 0.05) is 22.2 Å². The lowest BCUT2D eigenvalue weighted by Gasteiger charge is -2.19. The Morgan fingerprint density at radius 3 is 2.21 bits per heavy atom. The lowest BCUT2D eigenvalue weighted by atomic mass is 9.86. The Balaban J connectivity index is 1.99. The van der Waals surface area contributed by atoms with Gasteiger partial charge in [-0.1, -0.05) is 66.7 Å². The number of aromatic nitrogens is 1. The van der Waals surface area contributed by atoms with Crippen LogP contribution >= 0.6 is 0 Å². The SMILES string of the molecule is Cc1c(C(c2ccccc2)c2ccccc2O)[nH]c2ccccc12. The molecule has 0 amide bonds. The number of phenols is 1. The molecule has 3 aromatic carbocycles. The maximum absolute atomic E-state index is 10.5. The van der Waals surface area contributed by atoms with E-state index in [-0.39, 0.29) is 5.92 Å². The number of nitrogens with one attached hydrogen (secondary N) is 1. The summed E-state index contributed by atoms with van der Waals surface area (Å²) >= 11 is 0. The number of hydrogen-bond donors (Lipinski definition) is 2. The first-order valence-corrected chi connectivity index (χ1v) is 8.16. The normalized spacial score (nSPS) is 12.4. The van der Waals surface area contributed by atoms with Crippen LogP contribution in [0.15, 0.2) is 78.9 Å². The van der Waals surface area contributed by atoms with Gasteiger partial charge in [-0.3, -0.25) is 0 Å². The van der Waals surface area contributed by atoms with Gasteiger partial charge in [-0.15, -0.1) is 0 Å². The van der Waals surface area contributed by atoms with Gasteiger partial charge in [0.05, 0.1) is 5.92 Å². The average molecular weight is 313 g/mol. The van der Waals surface area contributed by atoms with Gasteiger partial charge in [-0.25, -0.2) is 0 Å². The smallest absolute Gasteiger partial charge is 0.119 e. The van der Waals surface area contributed by atoms with E-state index in [4.69, 9.17) is 0 Å². The largest absolute Gasteiger partial charge is 0.508 e. The molecular weight excluding hydrogens is 294 g/mol. The van der Waals surface area contributed by atoms with Crippen LogP contribution in [0.1, 0.15) is 28.3 Å². The molecule has 1 unspecified atom stereocenters. The van der Waals surface area contributed by atoms with Gasteiger partial charge < -0.3 is 10.1 Å². The van der Waals surface area contributed by atoms with Crippen molar-refractivity contribution in [3.8, 4) is 5.75 Å². The number of aromatic hydroxyl groups is 1. The first-order chi connectivity index (χ1) is 11.8. The summed E-state index contributed by atoms with van der Waals surface area (Å²) in [6.07, 6.45) is 0. The summed E-state index contributed by atoms with van der Waals surface area (Å²) in [6.45, 7) is 2.14. The van der Waals surface area contributed by atoms with Crippen LogP contribution in [-0.4, -0.2) is 10.1 Å². The average Bonchev–Trinajstić information content (AvgIpc) is 2.95. The third-order valence-corrected chi connectivity index (χ3v) is 4.67. The van der Waals surface area contributed by atoms with Crippen molar-refractivity contribution in [2.24, 2.45) is 0 Å². The Morgan fingerprint density at radius 1 is 0.792 bits per heavy atom. The van der Waals surface area contributed by atoms with E-state index in [0.29, 0.717) is 5.75 Å². The molecule has 24 heavy (non-hydrogen) atoms. The van der Waals surface area contributed by atoms with Crippen molar-refractivity contribution < 1.29 is 5.11 Å². The topological polar surface area (TPSA) is 36.0 Å². The standard InChI is InChI=1S/C22H19NO/c1-15-17-11-5-7-13-19(17)23-22(15)21(16-9-3-2-4-10-16)18-12-6-8-14-20(18)24/h2-14,21,23-24H,1H3. The molecule has 0 spiro atoms. The van der Waals surface area contributed by atoms with E-state index in [1.54, 1.807) is 6.07 Å². The molecule has 1 heterocycles. The number of hydrogen-bond acceptors (Lipinski definition) is 1. The summed E-state index contributed by atoms with van der Waals surface area (Å²) in [5.41, 5.74) is 5.56. The van der Waals surface area contributed by atoms with Crippen molar-refractivity contribution in [2.45, 2.75) is 12.8 Å². The van der Waals surface area contributed by atoms with Gasteiger partial charge in [0.1, 0.15) is 5.75 Å². The molecule has 1 aromatic heterocycles. The zero-order chi connectivity index (χ0) is 16.5. The summed E-state index contributed by atoms with van der Waals surface area (Å²) in [6, 6.07) is 26.2. The summed E-state index contributed by atoms with van der Waals surface area (Å²) in [7, 11) is 0. The van der Waals surface area contributed by atoms with E-state index in [1.165, 1.54) is 10.9 Å².